The molecule has 0 radical (unpaired) electrons. The smallest absolute Gasteiger partial charge is 0.496 e. The minimum Gasteiger partial charge on any atom is -0.496 e. The highest BCUT2D eigenvalue weighted by Gasteiger charge is 2.32. The van der Waals surface area contributed by atoms with Crippen LogP contribution in [0.3, 0.4) is 0 Å². The van der Waals surface area contributed by atoms with Crippen molar-refractivity contribution in [1.82, 2.24) is 4.98 Å². The van der Waals surface area contributed by atoms with E-state index in [1.54, 1.807) is 30.3 Å². The number of carbonyl (C=O) groups is 2. The summed E-state index contributed by atoms with van der Waals surface area (Å²) < 4.78 is 89.9. The number of ketones is 1. The first-order valence-electron chi connectivity index (χ1n) is 14.2. The summed E-state index contributed by atoms with van der Waals surface area (Å²) in [6.07, 6.45) is -7.87. The van der Waals surface area contributed by atoms with Crippen LogP contribution < -0.4 is 24.7 Å². The lowest BCUT2D eigenvalue weighted by Crippen LogP contribution is -2.17. The Hall–Kier alpha value is -6.33. The van der Waals surface area contributed by atoms with Gasteiger partial charge in [-0.15, -0.1) is 26.3 Å². The van der Waals surface area contributed by atoms with Crippen LogP contribution >= 0.6 is 0 Å². The standard InChI is InChI=1S/C18H14F3NO3.C9H10F3NO2.C7H4N2O2/c1-24-17-10-15(25-18(19,20)21)8-6-14(17)7-9-16(23)13-4-2-12(11-22)3-5-13;1-14-8-4-7(15-9(10,11)12)3-2-6(8)5-13;8-3-6-2-1-5(4-9-6)7(10)11/h2-6,8,10H,7,9H2,1H3;2-4H,5,13H2,1H3;1-2,4H,(H,10,11). The second-order valence-corrected chi connectivity index (χ2v) is 9.71. The van der Waals surface area contributed by atoms with Gasteiger partial charge in [0.05, 0.1) is 31.4 Å². The molecule has 4 aromatic rings. The summed E-state index contributed by atoms with van der Waals surface area (Å²) in [6.45, 7) is 0.190. The zero-order chi connectivity index (χ0) is 38.2. The van der Waals surface area contributed by atoms with Crippen molar-refractivity contribution in [3.8, 4) is 35.1 Å². The molecular weight excluding hydrogens is 690 g/mol. The van der Waals surface area contributed by atoms with Gasteiger partial charge < -0.3 is 29.8 Å². The molecular formula is C34H28F6N4O7. The van der Waals surface area contributed by atoms with E-state index in [1.807, 2.05) is 6.07 Å². The number of aromatic nitrogens is 1. The molecule has 17 heteroatoms. The van der Waals surface area contributed by atoms with Crippen molar-refractivity contribution in [2.45, 2.75) is 32.1 Å². The quantitative estimate of drug-likeness (QED) is 0.128. The van der Waals surface area contributed by atoms with Crippen molar-refractivity contribution < 1.29 is 60.0 Å². The number of benzene rings is 3. The number of nitrogens with two attached hydrogens (primary N) is 1. The number of methoxy groups -OCH3 is 2. The average Bonchev–Trinajstić information content (AvgIpc) is 3.10. The van der Waals surface area contributed by atoms with Crippen LogP contribution in [0.15, 0.2) is 79.0 Å². The SMILES string of the molecule is COc1cc(OC(F)(F)F)ccc1CCC(=O)c1ccc(C#N)cc1.COc1cc(OC(F)(F)F)ccc1CN.N#Cc1ccc(C(=O)O)cn1. The molecule has 1 aromatic heterocycles. The maximum Gasteiger partial charge on any atom is 0.573 e. The number of halogens is 6. The van der Waals surface area contributed by atoms with Gasteiger partial charge in [-0.2, -0.15) is 10.5 Å². The third kappa shape index (κ3) is 14.4. The summed E-state index contributed by atoms with van der Waals surface area (Å²) in [5.41, 5.74) is 7.80. The zero-order valence-corrected chi connectivity index (χ0v) is 26.7. The number of hydrogen-bond acceptors (Lipinski definition) is 10. The predicted octanol–water partition coefficient (Wildman–Crippen LogP) is 6.98. The van der Waals surface area contributed by atoms with Crippen LogP contribution in [0.4, 0.5) is 26.3 Å². The third-order valence-electron chi connectivity index (χ3n) is 6.29. The normalized spacial score (nSPS) is 10.5. The fourth-order valence-electron chi connectivity index (χ4n) is 3.93. The summed E-state index contributed by atoms with van der Waals surface area (Å²) in [4.78, 5) is 26.0. The van der Waals surface area contributed by atoms with Crippen molar-refractivity contribution in [3.63, 3.8) is 0 Å². The molecule has 4 rings (SSSR count). The number of carbonyl (C=O) groups excluding carboxylic acids is 1. The Kier molecular flexibility index (Phi) is 15.2. The number of pyridine rings is 1. The molecule has 3 aromatic carbocycles. The monoisotopic (exact) mass is 718 g/mol. The number of carboxylic acid groups (broad SMARTS) is 1. The highest BCUT2D eigenvalue weighted by molar-refractivity contribution is 5.96. The number of aromatic carboxylic acids is 1. The number of nitrogens with zero attached hydrogens (tertiary/aromatic N) is 3. The Labute approximate surface area is 287 Å². The van der Waals surface area contributed by atoms with Crippen molar-refractivity contribution >= 4 is 11.8 Å². The van der Waals surface area contributed by atoms with E-state index in [1.165, 1.54) is 50.6 Å². The first kappa shape index (κ1) is 40.8. The second kappa shape index (κ2) is 19.0. The molecule has 0 aliphatic carbocycles. The fraction of sp³-hybridized carbons (Fsp3) is 0.206. The summed E-state index contributed by atoms with van der Waals surface area (Å²) in [7, 11) is 2.69. The van der Waals surface area contributed by atoms with E-state index >= 15 is 0 Å². The molecule has 51 heavy (non-hydrogen) atoms. The highest BCUT2D eigenvalue weighted by Crippen LogP contribution is 2.30. The van der Waals surface area contributed by atoms with Crippen molar-refractivity contribution in [1.29, 1.82) is 10.5 Å². The number of rotatable bonds is 10. The number of alkyl halides is 6. The van der Waals surface area contributed by atoms with Gasteiger partial charge in [0.2, 0.25) is 0 Å². The van der Waals surface area contributed by atoms with E-state index in [4.69, 9.17) is 30.8 Å². The van der Waals surface area contributed by atoms with E-state index in [-0.39, 0.29) is 53.0 Å². The Morgan fingerprint density at radius 3 is 1.69 bits per heavy atom. The largest absolute Gasteiger partial charge is 0.573 e. The molecule has 0 amide bonds. The van der Waals surface area contributed by atoms with Gasteiger partial charge in [0, 0.05) is 42.4 Å². The molecule has 0 bridgehead atoms. The van der Waals surface area contributed by atoms with E-state index in [9.17, 15) is 35.9 Å². The summed E-state index contributed by atoms with van der Waals surface area (Å²) >= 11 is 0. The van der Waals surface area contributed by atoms with Crippen LogP contribution in [-0.4, -0.2) is 48.8 Å². The highest BCUT2D eigenvalue weighted by atomic mass is 19.4. The van der Waals surface area contributed by atoms with Gasteiger partial charge in [0.15, 0.2) is 5.78 Å². The molecule has 0 spiro atoms. The first-order valence-corrected chi connectivity index (χ1v) is 14.2. The van der Waals surface area contributed by atoms with Gasteiger partial charge in [0.25, 0.3) is 0 Å². The molecule has 3 N–H and O–H groups in total. The molecule has 0 saturated carbocycles. The Morgan fingerprint density at radius 1 is 0.765 bits per heavy atom. The van der Waals surface area contributed by atoms with Crippen LogP contribution in [0.25, 0.3) is 0 Å². The number of Topliss-reactive ketones (excluding diaryl/α,β-unsaturated/α-hetero) is 1. The van der Waals surface area contributed by atoms with Crippen molar-refractivity contribution in [2.75, 3.05) is 14.2 Å². The molecule has 0 saturated heterocycles. The Morgan fingerprint density at radius 2 is 1.27 bits per heavy atom. The van der Waals surface area contributed by atoms with E-state index in [0.717, 1.165) is 18.3 Å². The number of hydrogen-bond donors (Lipinski definition) is 2. The molecule has 268 valence electrons. The Bertz CT molecular complexity index is 1850. The summed E-state index contributed by atoms with van der Waals surface area (Å²) in [5, 5.41) is 25.5. The molecule has 0 fully saturated rings. The number of aryl methyl sites for hydroxylation is 1. The summed E-state index contributed by atoms with van der Waals surface area (Å²) in [5.74, 6) is -1.39. The van der Waals surface area contributed by atoms with Crippen LogP contribution in [0, 0.1) is 22.7 Å². The minimum absolute atomic E-state index is 0.0870. The average molecular weight is 719 g/mol. The number of ether oxygens (including phenoxy) is 4. The topological polar surface area (TPSA) is 178 Å². The first-order chi connectivity index (χ1) is 24.0. The maximum atomic E-state index is 12.2. The van der Waals surface area contributed by atoms with Gasteiger partial charge >= 0.3 is 18.7 Å². The number of carboxylic acids is 1. The summed E-state index contributed by atoms with van der Waals surface area (Å²) in [6, 6.07) is 20.2. The van der Waals surface area contributed by atoms with Crippen LogP contribution in [0.2, 0.25) is 0 Å². The fourth-order valence-corrected chi connectivity index (χ4v) is 3.93. The molecule has 0 aliphatic heterocycles. The molecule has 0 aliphatic rings. The van der Waals surface area contributed by atoms with E-state index in [2.05, 4.69) is 14.5 Å². The molecule has 1 heterocycles. The lowest BCUT2D eigenvalue weighted by molar-refractivity contribution is -0.275. The van der Waals surface area contributed by atoms with E-state index < -0.39 is 18.7 Å². The van der Waals surface area contributed by atoms with Crippen molar-refractivity contribution in [3.05, 3.63) is 113 Å². The van der Waals surface area contributed by atoms with Crippen molar-refractivity contribution in [2.24, 2.45) is 5.73 Å². The molecule has 11 nitrogen and oxygen atoms in total. The van der Waals surface area contributed by atoms with Gasteiger partial charge in [-0.25, -0.2) is 9.78 Å². The van der Waals surface area contributed by atoms with Crippen LogP contribution in [0.1, 0.15) is 49.5 Å². The van der Waals surface area contributed by atoms with Gasteiger partial charge in [-0.3, -0.25) is 4.79 Å². The maximum absolute atomic E-state index is 12.2. The lowest BCUT2D eigenvalue weighted by Gasteiger charge is -2.13. The molecule has 0 atom stereocenters. The van der Waals surface area contributed by atoms with Crippen LogP contribution in [0.5, 0.6) is 23.0 Å². The van der Waals surface area contributed by atoms with Crippen LogP contribution in [-0.2, 0) is 13.0 Å². The predicted molar refractivity (Wildman–Crippen MR) is 167 cm³/mol. The second-order valence-electron chi connectivity index (χ2n) is 9.71. The Balaban J connectivity index is 0.000000293. The van der Waals surface area contributed by atoms with Gasteiger partial charge in [-0.1, -0.05) is 24.3 Å². The van der Waals surface area contributed by atoms with Gasteiger partial charge in [-0.05, 0) is 48.4 Å². The number of nitriles is 2. The molecule has 0 unspecified atom stereocenters. The third-order valence-corrected chi connectivity index (χ3v) is 6.29. The van der Waals surface area contributed by atoms with E-state index in [0.29, 0.717) is 28.7 Å². The van der Waals surface area contributed by atoms with Gasteiger partial charge in [0.1, 0.15) is 34.8 Å². The zero-order valence-electron chi connectivity index (χ0n) is 26.7. The minimum atomic E-state index is -4.78. The lowest BCUT2D eigenvalue weighted by atomic mass is 10.0.